The van der Waals surface area contributed by atoms with E-state index in [4.69, 9.17) is 10.9 Å². The smallest absolute Gasteiger partial charge is 0.277 e. The van der Waals surface area contributed by atoms with Crippen LogP contribution in [0.4, 0.5) is 10.1 Å². The van der Waals surface area contributed by atoms with Crippen LogP contribution >= 0.6 is 0 Å². The number of amides is 1. The van der Waals surface area contributed by atoms with E-state index in [1.807, 2.05) is 0 Å². The van der Waals surface area contributed by atoms with Crippen molar-refractivity contribution in [3.05, 3.63) is 29.6 Å². The van der Waals surface area contributed by atoms with Gasteiger partial charge in [0.15, 0.2) is 0 Å². The van der Waals surface area contributed by atoms with E-state index in [2.05, 4.69) is 0 Å². The molecule has 0 aliphatic carbocycles. The zero-order chi connectivity index (χ0) is 14.9. The summed E-state index contributed by atoms with van der Waals surface area (Å²) < 4.78 is 36.5. The van der Waals surface area contributed by atoms with Gasteiger partial charge in [0.1, 0.15) is 5.82 Å². The van der Waals surface area contributed by atoms with Crippen LogP contribution < -0.4 is 10.9 Å². The Morgan fingerprint density at radius 2 is 1.80 bits per heavy atom. The highest BCUT2D eigenvalue weighted by Crippen LogP contribution is 2.15. The van der Waals surface area contributed by atoms with Crippen molar-refractivity contribution < 1.29 is 17.6 Å². The summed E-state index contributed by atoms with van der Waals surface area (Å²) in [6.07, 6.45) is 0. The molecule has 0 saturated carbocycles. The number of hydrogen-bond acceptors (Lipinski definition) is 4. The maximum atomic E-state index is 13.0. The number of benzene rings is 1. The minimum absolute atomic E-state index is 0.0981. The summed E-state index contributed by atoms with van der Waals surface area (Å²) in [6, 6.07) is 3.74. The van der Waals surface area contributed by atoms with Gasteiger partial charge in [-0.25, -0.2) is 9.53 Å². The molecule has 0 spiro atoms. The molecule has 7 nitrogen and oxygen atoms in total. The highest BCUT2D eigenvalue weighted by atomic mass is 32.2. The lowest BCUT2D eigenvalue weighted by Crippen LogP contribution is -2.52. The Labute approximate surface area is 116 Å². The average molecular weight is 302 g/mol. The second-order valence-electron chi connectivity index (χ2n) is 4.47. The van der Waals surface area contributed by atoms with Crippen molar-refractivity contribution in [2.75, 3.05) is 31.9 Å². The summed E-state index contributed by atoms with van der Waals surface area (Å²) in [4.78, 5) is 13.6. The molecule has 9 heteroatoms. The third kappa shape index (κ3) is 3.06. The van der Waals surface area contributed by atoms with E-state index in [0.29, 0.717) is 0 Å². The summed E-state index contributed by atoms with van der Waals surface area (Å²) >= 11 is 0. The number of rotatable bonds is 2. The van der Waals surface area contributed by atoms with Crippen molar-refractivity contribution in [1.82, 2.24) is 9.21 Å². The molecule has 0 aromatic heterocycles. The Hall–Kier alpha value is -1.71. The van der Waals surface area contributed by atoms with Gasteiger partial charge in [-0.1, -0.05) is 0 Å². The Bertz CT molecular complexity index is 627. The van der Waals surface area contributed by atoms with Gasteiger partial charge in [0.05, 0.1) is 5.69 Å². The van der Waals surface area contributed by atoms with Crippen LogP contribution in [0, 0.1) is 5.82 Å². The van der Waals surface area contributed by atoms with Gasteiger partial charge in [0.2, 0.25) is 0 Å². The topological polar surface area (TPSA) is 110 Å². The molecule has 4 N–H and O–H groups in total. The zero-order valence-corrected chi connectivity index (χ0v) is 11.4. The van der Waals surface area contributed by atoms with Crippen molar-refractivity contribution in [2.45, 2.75) is 0 Å². The molecule has 1 aromatic rings. The van der Waals surface area contributed by atoms with Gasteiger partial charge in [-0.15, -0.1) is 0 Å². The van der Waals surface area contributed by atoms with Crippen molar-refractivity contribution in [1.29, 1.82) is 0 Å². The highest BCUT2D eigenvalue weighted by Gasteiger charge is 2.27. The Morgan fingerprint density at radius 3 is 2.30 bits per heavy atom. The van der Waals surface area contributed by atoms with Crippen LogP contribution in [0.5, 0.6) is 0 Å². The average Bonchev–Trinajstić information content (AvgIpc) is 2.40. The minimum Gasteiger partial charge on any atom is -0.396 e. The summed E-state index contributed by atoms with van der Waals surface area (Å²) in [5.41, 5.74) is 5.59. The molecule has 1 aliphatic rings. The van der Waals surface area contributed by atoms with Crippen molar-refractivity contribution in [3.63, 3.8) is 0 Å². The standard InChI is InChI=1S/C11H15FN4O3S/c12-9-2-1-8(7-10(9)13)11(17)15-3-5-16(6-4-15)20(14,18)19/h1-2,7H,3-6,13H2,(H2,14,18,19). The van der Waals surface area contributed by atoms with Crippen molar-refractivity contribution in [2.24, 2.45) is 5.14 Å². The fraction of sp³-hybridized carbons (Fsp3) is 0.364. The van der Waals surface area contributed by atoms with Crippen LogP contribution in [0.3, 0.4) is 0 Å². The number of halogens is 1. The molecule has 1 fully saturated rings. The first-order chi connectivity index (χ1) is 9.29. The van der Waals surface area contributed by atoms with Gasteiger partial charge >= 0.3 is 0 Å². The molecule has 0 atom stereocenters. The number of carbonyl (C=O) groups is 1. The van der Waals surface area contributed by atoms with Gasteiger partial charge in [-0.3, -0.25) is 4.79 Å². The molecule has 0 unspecified atom stereocenters. The fourth-order valence-electron chi connectivity index (χ4n) is 2.01. The van der Waals surface area contributed by atoms with Gasteiger partial charge in [0, 0.05) is 31.7 Å². The lowest BCUT2D eigenvalue weighted by molar-refractivity contribution is 0.0698. The molecule has 0 bridgehead atoms. The second-order valence-corrected chi connectivity index (χ2v) is 6.02. The van der Waals surface area contributed by atoms with E-state index in [1.54, 1.807) is 0 Å². The normalized spacial score (nSPS) is 17.2. The first kappa shape index (κ1) is 14.7. The lowest BCUT2D eigenvalue weighted by Gasteiger charge is -2.33. The minimum atomic E-state index is -3.73. The van der Waals surface area contributed by atoms with Crippen LogP contribution in [0.2, 0.25) is 0 Å². The summed E-state index contributed by atoms with van der Waals surface area (Å²) in [7, 11) is -3.73. The predicted molar refractivity (Wildman–Crippen MR) is 71.4 cm³/mol. The SMILES string of the molecule is Nc1cc(C(=O)N2CCN(S(N)(=O)=O)CC2)ccc1F. The predicted octanol–water partition coefficient (Wildman–Crippen LogP) is -0.631. The number of carbonyl (C=O) groups excluding carboxylic acids is 1. The van der Waals surface area contributed by atoms with Crippen LogP contribution in [0.15, 0.2) is 18.2 Å². The molecular weight excluding hydrogens is 287 g/mol. The van der Waals surface area contributed by atoms with Crippen LogP contribution in [0.1, 0.15) is 10.4 Å². The molecule has 1 heterocycles. The monoisotopic (exact) mass is 302 g/mol. The van der Waals surface area contributed by atoms with Gasteiger partial charge in [-0.05, 0) is 18.2 Å². The molecular formula is C11H15FN4O3S. The number of hydrogen-bond donors (Lipinski definition) is 2. The molecule has 0 radical (unpaired) electrons. The number of nitrogens with zero attached hydrogens (tertiary/aromatic N) is 2. The molecule has 1 amide bonds. The molecule has 1 aliphatic heterocycles. The van der Waals surface area contributed by atoms with E-state index in [9.17, 15) is 17.6 Å². The highest BCUT2D eigenvalue weighted by molar-refractivity contribution is 7.86. The third-order valence-electron chi connectivity index (χ3n) is 3.13. The van der Waals surface area contributed by atoms with Crippen molar-refractivity contribution >= 4 is 21.8 Å². The molecule has 20 heavy (non-hydrogen) atoms. The van der Waals surface area contributed by atoms with E-state index < -0.39 is 16.0 Å². The fourth-order valence-corrected chi connectivity index (χ4v) is 2.68. The molecule has 2 rings (SSSR count). The number of anilines is 1. The van der Waals surface area contributed by atoms with Crippen LogP contribution in [-0.2, 0) is 10.2 Å². The van der Waals surface area contributed by atoms with Crippen LogP contribution in [0.25, 0.3) is 0 Å². The van der Waals surface area contributed by atoms with E-state index in [1.165, 1.54) is 17.0 Å². The van der Waals surface area contributed by atoms with Gasteiger partial charge < -0.3 is 10.6 Å². The molecule has 110 valence electrons. The summed E-state index contributed by atoms with van der Waals surface area (Å²) in [5.74, 6) is -0.897. The number of nitrogens with two attached hydrogens (primary N) is 2. The van der Waals surface area contributed by atoms with Gasteiger partial charge in [0.25, 0.3) is 16.1 Å². The largest absolute Gasteiger partial charge is 0.396 e. The third-order valence-corrected chi connectivity index (χ3v) is 4.21. The quantitative estimate of drug-likeness (QED) is 0.709. The first-order valence-electron chi connectivity index (χ1n) is 5.91. The Morgan fingerprint density at radius 1 is 1.20 bits per heavy atom. The van der Waals surface area contributed by atoms with E-state index in [0.717, 1.165) is 10.4 Å². The summed E-state index contributed by atoms with van der Waals surface area (Å²) in [5, 5.41) is 5.02. The van der Waals surface area contributed by atoms with Gasteiger partial charge in [-0.2, -0.15) is 12.7 Å². The Balaban J connectivity index is 2.07. The maximum Gasteiger partial charge on any atom is 0.277 e. The van der Waals surface area contributed by atoms with E-state index >= 15 is 0 Å². The number of piperazine rings is 1. The Kier molecular flexibility index (Phi) is 3.93. The lowest BCUT2D eigenvalue weighted by atomic mass is 10.1. The van der Waals surface area contributed by atoms with E-state index in [-0.39, 0.29) is 43.3 Å². The van der Waals surface area contributed by atoms with Crippen LogP contribution in [-0.4, -0.2) is 49.7 Å². The second kappa shape index (κ2) is 5.35. The maximum absolute atomic E-state index is 13.0. The molecule has 1 saturated heterocycles. The number of nitrogen functional groups attached to an aromatic ring is 1. The first-order valence-corrected chi connectivity index (χ1v) is 7.41. The zero-order valence-electron chi connectivity index (χ0n) is 10.6. The summed E-state index contributed by atoms with van der Waals surface area (Å²) in [6.45, 7) is 0.738. The van der Waals surface area contributed by atoms with Crippen molar-refractivity contribution in [3.8, 4) is 0 Å². The molecule has 1 aromatic carbocycles.